The van der Waals surface area contributed by atoms with E-state index in [4.69, 9.17) is 11.6 Å². The molecule has 0 bridgehead atoms. The van der Waals surface area contributed by atoms with Crippen molar-refractivity contribution in [2.24, 2.45) is 4.99 Å². The Morgan fingerprint density at radius 1 is 1.43 bits per heavy atom. The Morgan fingerprint density at radius 3 is 2.62 bits per heavy atom. The number of hydrogen-bond acceptors (Lipinski definition) is 4. The first-order valence-corrected chi connectivity index (χ1v) is 6.51. The molecule has 1 aliphatic carbocycles. The number of halogens is 3. The Balaban J connectivity index is 2.49. The quantitative estimate of drug-likeness (QED) is 0.305. The molecule has 21 heavy (non-hydrogen) atoms. The molecule has 2 rings (SSSR count). The van der Waals surface area contributed by atoms with E-state index in [0.717, 1.165) is 32.2 Å². The van der Waals surface area contributed by atoms with Crippen LogP contribution in [0.15, 0.2) is 22.7 Å². The molecule has 0 aliphatic heterocycles. The van der Waals surface area contributed by atoms with Gasteiger partial charge in [0.2, 0.25) is 0 Å². The van der Waals surface area contributed by atoms with E-state index in [1.807, 2.05) is 0 Å². The molecule has 0 amide bonds. The number of methoxy groups -OCH3 is 1. The van der Waals surface area contributed by atoms with Crippen molar-refractivity contribution in [1.82, 2.24) is 0 Å². The fourth-order valence-corrected chi connectivity index (χ4v) is 1.81. The summed E-state index contributed by atoms with van der Waals surface area (Å²) in [7, 11) is 1.13. The highest BCUT2D eigenvalue weighted by Gasteiger charge is 2.23. The molecule has 7 heteroatoms. The van der Waals surface area contributed by atoms with Gasteiger partial charge < -0.3 is 9.84 Å². The van der Waals surface area contributed by atoms with Crippen molar-refractivity contribution < 1.29 is 23.4 Å². The van der Waals surface area contributed by atoms with Gasteiger partial charge >= 0.3 is 5.97 Å². The molecule has 0 atom stereocenters. The largest absolute Gasteiger partial charge is 0.506 e. The molecule has 0 saturated heterocycles. The molecular weight excluding hydrogens is 304 g/mol. The molecule has 0 radical (unpaired) electrons. The molecule has 4 nitrogen and oxygen atoms in total. The lowest BCUT2D eigenvalue weighted by atomic mass is 10.1. The maximum atomic E-state index is 13.3. The highest BCUT2D eigenvalue weighted by molar-refractivity contribution is 6.32. The van der Waals surface area contributed by atoms with Gasteiger partial charge in [0.15, 0.2) is 11.6 Å². The summed E-state index contributed by atoms with van der Waals surface area (Å²) >= 11 is 5.77. The van der Waals surface area contributed by atoms with E-state index in [2.05, 4.69) is 9.73 Å². The monoisotopic (exact) mass is 315 g/mol. The zero-order chi connectivity index (χ0) is 15.6. The summed E-state index contributed by atoms with van der Waals surface area (Å²) in [6.07, 6.45) is 2.96. The maximum absolute atomic E-state index is 13.3. The summed E-state index contributed by atoms with van der Waals surface area (Å²) in [4.78, 5) is 15.7. The normalized spacial score (nSPS) is 16.0. The van der Waals surface area contributed by atoms with Crippen molar-refractivity contribution in [3.8, 4) is 0 Å². The molecule has 0 heterocycles. The average Bonchev–Trinajstić information content (AvgIpc) is 3.26. The van der Waals surface area contributed by atoms with Crippen LogP contribution in [0.4, 0.5) is 8.78 Å². The number of esters is 1. The van der Waals surface area contributed by atoms with E-state index in [0.29, 0.717) is 6.07 Å². The summed E-state index contributed by atoms with van der Waals surface area (Å²) in [5.74, 6) is -3.81. The van der Waals surface area contributed by atoms with Gasteiger partial charge in [-0.15, -0.1) is 0 Å². The lowest BCUT2D eigenvalue weighted by Gasteiger charge is -2.08. The number of carbonyl (C=O) groups excluding carboxylic acids is 1. The van der Waals surface area contributed by atoms with Crippen LogP contribution in [0.5, 0.6) is 0 Å². The summed E-state index contributed by atoms with van der Waals surface area (Å²) in [5.41, 5.74) is -0.476. The van der Waals surface area contributed by atoms with Crippen LogP contribution in [0.2, 0.25) is 5.02 Å². The Hall–Kier alpha value is -1.95. The van der Waals surface area contributed by atoms with E-state index in [1.165, 1.54) is 0 Å². The smallest absolute Gasteiger partial charge is 0.343 e. The predicted molar refractivity (Wildman–Crippen MR) is 74.4 cm³/mol. The van der Waals surface area contributed by atoms with Crippen molar-refractivity contribution in [1.29, 1.82) is 0 Å². The zero-order valence-electron chi connectivity index (χ0n) is 11.1. The number of hydrogen-bond donors (Lipinski definition) is 1. The summed E-state index contributed by atoms with van der Waals surface area (Å²) in [5, 5.41) is 9.90. The fraction of sp³-hybridized carbons (Fsp3) is 0.286. The minimum Gasteiger partial charge on any atom is -0.506 e. The highest BCUT2D eigenvalue weighted by Crippen LogP contribution is 2.28. The van der Waals surface area contributed by atoms with Gasteiger partial charge in [0.05, 0.1) is 18.2 Å². The second-order valence-electron chi connectivity index (χ2n) is 4.51. The summed E-state index contributed by atoms with van der Waals surface area (Å²) in [6.45, 7) is 0. The Labute approximate surface area is 124 Å². The average molecular weight is 316 g/mol. The summed E-state index contributed by atoms with van der Waals surface area (Å²) in [6, 6.07) is 1.54. The SMILES string of the molecule is COC(=O)/C(C=NC1CC1)=C(/O)c1cc(F)c(F)cc1Cl. The first-order valence-electron chi connectivity index (χ1n) is 6.13. The molecule has 1 aromatic carbocycles. The standard InChI is InChI=1S/C14H12ClF2NO3/c1-21-14(20)9(6-18-7-2-3-7)13(19)8-4-11(16)12(17)5-10(8)15/h4-7,19H,2-3H2,1H3/b13-9+,18-6?. The maximum Gasteiger partial charge on any atom is 0.343 e. The second kappa shape index (κ2) is 6.22. The van der Waals surface area contributed by atoms with Gasteiger partial charge in [0.1, 0.15) is 11.3 Å². The number of ether oxygens (including phenoxy) is 1. The van der Waals surface area contributed by atoms with Gasteiger partial charge in [-0.2, -0.15) is 0 Å². The number of aliphatic hydroxyl groups excluding tert-OH is 1. The van der Waals surface area contributed by atoms with Crippen LogP contribution in [-0.4, -0.2) is 30.4 Å². The lowest BCUT2D eigenvalue weighted by molar-refractivity contribution is -0.135. The summed E-state index contributed by atoms with van der Waals surface area (Å²) < 4.78 is 30.9. The minimum atomic E-state index is -1.19. The van der Waals surface area contributed by atoms with Gasteiger partial charge in [-0.1, -0.05) is 11.6 Å². The Bertz CT molecular complexity index is 639. The van der Waals surface area contributed by atoms with Crippen molar-refractivity contribution in [3.63, 3.8) is 0 Å². The van der Waals surface area contributed by atoms with Crippen LogP contribution < -0.4 is 0 Å². The zero-order valence-corrected chi connectivity index (χ0v) is 11.8. The second-order valence-corrected chi connectivity index (χ2v) is 4.92. The van der Waals surface area contributed by atoms with Crippen LogP contribution >= 0.6 is 11.6 Å². The van der Waals surface area contributed by atoms with Gasteiger partial charge in [0, 0.05) is 11.8 Å². The van der Waals surface area contributed by atoms with Crippen molar-refractivity contribution in [2.45, 2.75) is 18.9 Å². The lowest BCUT2D eigenvalue weighted by Crippen LogP contribution is -2.10. The number of rotatable bonds is 4. The molecule has 1 fully saturated rings. The number of aliphatic hydroxyl groups is 1. The number of nitrogens with zero attached hydrogens (tertiary/aromatic N) is 1. The molecule has 0 spiro atoms. The van der Waals surface area contributed by atoms with Crippen molar-refractivity contribution in [3.05, 3.63) is 39.9 Å². The molecule has 1 aromatic rings. The van der Waals surface area contributed by atoms with Crippen molar-refractivity contribution >= 4 is 29.5 Å². The van der Waals surface area contributed by atoms with Gasteiger partial charge in [-0.3, -0.25) is 4.99 Å². The van der Waals surface area contributed by atoms with E-state index in [1.54, 1.807) is 0 Å². The third kappa shape index (κ3) is 3.58. The minimum absolute atomic E-state index is 0.109. The molecule has 1 saturated carbocycles. The predicted octanol–water partition coefficient (Wildman–Crippen LogP) is 3.29. The van der Waals surface area contributed by atoms with E-state index in [-0.39, 0.29) is 22.2 Å². The molecule has 0 aromatic heterocycles. The van der Waals surface area contributed by atoms with Gasteiger partial charge in [-0.05, 0) is 25.0 Å². The fourth-order valence-electron chi connectivity index (χ4n) is 1.57. The van der Waals surface area contributed by atoms with Crippen LogP contribution in [-0.2, 0) is 9.53 Å². The van der Waals surface area contributed by atoms with E-state index < -0.39 is 23.4 Å². The number of carbonyl (C=O) groups is 1. The Kier molecular flexibility index (Phi) is 4.57. The molecule has 0 unspecified atom stereocenters. The van der Waals surface area contributed by atoms with E-state index >= 15 is 0 Å². The first kappa shape index (κ1) is 15.4. The van der Waals surface area contributed by atoms with Crippen molar-refractivity contribution in [2.75, 3.05) is 7.11 Å². The van der Waals surface area contributed by atoms with Crippen LogP contribution in [0.1, 0.15) is 18.4 Å². The number of aliphatic imine (C=N–C) groups is 1. The molecule has 112 valence electrons. The third-order valence-electron chi connectivity index (χ3n) is 2.89. The van der Waals surface area contributed by atoms with Gasteiger partial charge in [-0.25, -0.2) is 13.6 Å². The molecule has 1 N–H and O–H groups in total. The third-order valence-corrected chi connectivity index (χ3v) is 3.20. The molecular formula is C14H12ClF2NO3. The topological polar surface area (TPSA) is 58.9 Å². The van der Waals surface area contributed by atoms with E-state index in [9.17, 15) is 18.7 Å². The van der Waals surface area contributed by atoms with Crippen LogP contribution in [0.25, 0.3) is 5.76 Å². The molecule has 1 aliphatic rings. The van der Waals surface area contributed by atoms with Gasteiger partial charge in [0.25, 0.3) is 0 Å². The highest BCUT2D eigenvalue weighted by atomic mass is 35.5. The Morgan fingerprint density at radius 2 is 2.05 bits per heavy atom. The van der Waals surface area contributed by atoms with Crippen LogP contribution in [0.3, 0.4) is 0 Å². The first-order chi connectivity index (χ1) is 9.93. The number of benzene rings is 1. The van der Waals surface area contributed by atoms with Crippen LogP contribution in [0, 0.1) is 11.6 Å².